The molecular formula is C22H35N3O3S. The van der Waals surface area contributed by atoms with Crippen molar-refractivity contribution in [3.05, 3.63) is 29.3 Å². The minimum absolute atomic E-state index is 0.0916. The van der Waals surface area contributed by atoms with Gasteiger partial charge in [-0.1, -0.05) is 26.8 Å². The van der Waals surface area contributed by atoms with Crippen molar-refractivity contribution in [2.75, 3.05) is 39.3 Å². The van der Waals surface area contributed by atoms with E-state index in [9.17, 15) is 13.2 Å². The molecule has 1 aliphatic heterocycles. The zero-order valence-corrected chi connectivity index (χ0v) is 19.0. The van der Waals surface area contributed by atoms with Crippen molar-refractivity contribution in [1.82, 2.24) is 14.1 Å². The van der Waals surface area contributed by atoms with E-state index in [1.165, 1.54) is 15.4 Å². The summed E-state index contributed by atoms with van der Waals surface area (Å²) in [6.45, 7) is 11.4. The molecule has 1 aromatic carbocycles. The van der Waals surface area contributed by atoms with Crippen LogP contribution in [0.3, 0.4) is 0 Å². The summed E-state index contributed by atoms with van der Waals surface area (Å²) in [5.74, 6) is 0.575. The van der Waals surface area contributed by atoms with Crippen molar-refractivity contribution in [1.29, 1.82) is 0 Å². The van der Waals surface area contributed by atoms with Crippen LogP contribution in [0, 0.1) is 5.92 Å². The Hall–Kier alpha value is -1.44. The highest BCUT2D eigenvalue weighted by Crippen LogP contribution is 2.26. The van der Waals surface area contributed by atoms with Gasteiger partial charge in [0.25, 0.3) is 0 Å². The fourth-order valence-corrected chi connectivity index (χ4v) is 5.75. The van der Waals surface area contributed by atoms with Crippen LogP contribution in [-0.2, 0) is 27.7 Å². The highest BCUT2D eigenvalue weighted by Gasteiger charge is 2.31. The molecule has 6 nitrogen and oxygen atoms in total. The van der Waals surface area contributed by atoms with Crippen LogP contribution in [0.1, 0.15) is 45.2 Å². The van der Waals surface area contributed by atoms with Crippen LogP contribution in [0.2, 0.25) is 0 Å². The molecule has 1 heterocycles. The maximum Gasteiger partial charge on any atom is 0.243 e. The van der Waals surface area contributed by atoms with Gasteiger partial charge in [-0.25, -0.2) is 8.42 Å². The SMILES string of the molecule is CCN(CC(=O)N1CCN(S(=O)(=O)c2ccc3c(c2)CCC3)CC1)C(C)C(C)C. The summed E-state index contributed by atoms with van der Waals surface area (Å²) in [4.78, 5) is 17.2. The standard InChI is InChI=1S/C22H35N3O3S/c1-5-23(18(4)17(2)3)16-22(26)24-11-13-25(14-12-24)29(27,28)21-10-9-19-7-6-8-20(19)15-21/h9-10,15,17-18H,5-8,11-14,16H2,1-4H3. The minimum atomic E-state index is -3.50. The van der Waals surface area contributed by atoms with E-state index in [-0.39, 0.29) is 5.91 Å². The van der Waals surface area contributed by atoms with E-state index >= 15 is 0 Å². The molecule has 2 aliphatic rings. The Kier molecular flexibility index (Phi) is 7.02. The maximum absolute atomic E-state index is 13.1. The second-order valence-electron chi connectivity index (χ2n) is 8.62. The number of rotatable bonds is 7. The summed E-state index contributed by atoms with van der Waals surface area (Å²) in [7, 11) is -3.50. The first-order valence-corrected chi connectivity index (χ1v) is 12.3. The summed E-state index contributed by atoms with van der Waals surface area (Å²) >= 11 is 0. The minimum Gasteiger partial charge on any atom is -0.339 e. The van der Waals surface area contributed by atoms with Gasteiger partial charge in [-0.3, -0.25) is 9.69 Å². The number of carbonyl (C=O) groups is 1. The second-order valence-corrected chi connectivity index (χ2v) is 10.6. The number of amides is 1. The monoisotopic (exact) mass is 421 g/mol. The quantitative estimate of drug-likeness (QED) is 0.678. The molecule has 1 aliphatic carbocycles. The van der Waals surface area contributed by atoms with Crippen molar-refractivity contribution in [3.8, 4) is 0 Å². The molecule has 0 aromatic heterocycles. The number of carbonyl (C=O) groups excluding carboxylic acids is 1. The van der Waals surface area contributed by atoms with Crippen LogP contribution < -0.4 is 0 Å². The number of likely N-dealkylation sites (N-methyl/N-ethyl adjacent to an activating group) is 1. The van der Waals surface area contributed by atoms with E-state index in [4.69, 9.17) is 0 Å². The molecule has 7 heteroatoms. The van der Waals surface area contributed by atoms with Crippen LogP contribution in [0.4, 0.5) is 0 Å². The zero-order chi connectivity index (χ0) is 21.2. The average Bonchev–Trinajstić information content (AvgIpc) is 3.19. The van der Waals surface area contributed by atoms with Gasteiger partial charge in [0.2, 0.25) is 15.9 Å². The van der Waals surface area contributed by atoms with Gasteiger partial charge in [0.1, 0.15) is 0 Å². The lowest BCUT2D eigenvalue weighted by Gasteiger charge is -2.36. The highest BCUT2D eigenvalue weighted by molar-refractivity contribution is 7.89. The summed E-state index contributed by atoms with van der Waals surface area (Å²) in [6.07, 6.45) is 3.11. The molecule has 1 unspecified atom stereocenters. The molecule has 0 bridgehead atoms. The number of aryl methyl sites for hydroxylation is 2. The van der Waals surface area contributed by atoms with E-state index in [1.54, 1.807) is 6.07 Å². The third-order valence-electron chi connectivity index (χ3n) is 6.58. The predicted molar refractivity (Wildman–Crippen MR) is 115 cm³/mol. The number of sulfonamides is 1. The van der Waals surface area contributed by atoms with Crippen LogP contribution in [0.5, 0.6) is 0 Å². The number of nitrogens with zero attached hydrogens (tertiary/aromatic N) is 3. The fraction of sp³-hybridized carbons (Fsp3) is 0.682. The van der Waals surface area contributed by atoms with E-state index in [0.29, 0.717) is 49.6 Å². The van der Waals surface area contributed by atoms with Crippen LogP contribution in [0.15, 0.2) is 23.1 Å². The van der Waals surface area contributed by atoms with E-state index in [1.807, 2.05) is 17.0 Å². The van der Waals surface area contributed by atoms with Gasteiger partial charge in [-0.2, -0.15) is 4.31 Å². The lowest BCUT2D eigenvalue weighted by atomic mass is 10.0. The Morgan fingerprint density at radius 3 is 2.34 bits per heavy atom. The first-order chi connectivity index (χ1) is 13.7. The number of benzene rings is 1. The normalized spacial score (nSPS) is 19.0. The summed E-state index contributed by atoms with van der Waals surface area (Å²) in [5, 5.41) is 0. The number of hydrogen-bond acceptors (Lipinski definition) is 4. The number of hydrogen-bond donors (Lipinski definition) is 0. The van der Waals surface area contributed by atoms with Crippen LogP contribution >= 0.6 is 0 Å². The summed E-state index contributed by atoms with van der Waals surface area (Å²) < 4.78 is 27.7. The Bertz CT molecular complexity index is 830. The molecule has 1 aromatic rings. The van der Waals surface area contributed by atoms with Gasteiger partial charge >= 0.3 is 0 Å². The average molecular weight is 422 g/mol. The molecule has 1 saturated heterocycles. The van der Waals surface area contributed by atoms with Gasteiger partial charge in [0.15, 0.2) is 0 Å². The topological polar surface area (TPSA) is 60.9 Å². The largest absolute Gasteiger partial charge is 0.339 e. The van der Waals surface area contributed by atoms with Gasteiger partial charge in [-0.15, -0.1) is 0 Å². The van der Waals surface area contributed by atoms with Crippen molar-refractivity contribution in [3.63, 3.8) is 0 Å². The Balaban J connectivity index is 1.60. The molecule has 1 amide bonds. The summed E-state index contributed by atoms with van der Waals surface area (Å²) in [6, 6.07) is 5.89. The van der Waals surface area contributed by atoms with Crippen LogP contribution in [0.25, 0.3) is 0 Å². The van der Waals surface area contributed by atoms with Gasteiger partial charge in [0, 0.05) is 32.2 Å². The van der Waals surface area contributed by atoms with Gasteiger partial charge in [-0.05, 0) is 61.9 Å². The predicted octanol–water partition coefficient (Wildman–Crippen LogP) is 2.37. The lowest BCUT2D eigenvalue weighted by Crippen LogP contribution is -2.53. The zero-order valence-electron chi connectivity index (χ0n) is 18.2. The molecule has 1 atom stereocenters. The fourth-order valence-electron chi connectivity index (χ4n) is 4.27. The van der Waals surface area contributed by atoms with Crippen molar-refractivity contribution in [2.45, 2.75) is 57.9 Å². The molecule has 1 fully saturated rings. The summed E-state index contributed by atoms with van der Waals surface area (Å²) in [5.41, 5.74) is 2.44. The van der Waals surface area contributed by atoms with Crippen LogP contribution in [-0.4, -0.2) is 73.7 Å². The molecule has 0 saturated carbocycles. The van der Waals surface area contributed by atoms with Crippen molar-refractivity contribution >= 4 is 15.9 Å². The molecule has 162 valence electrons. The van der Waals surface area contributed by atoms with E-state index in [2.05, 4.69) is 32.6 Å². The molecule has 0 spiro atoms. The molecular weight excluding hydrogens is 386 g/mol. The molecule has 0 radical (unpaired) electrons. The number of piperazine rings is 1. The molecule has 0 N–H and O–H groups in total. The Labute approximate surface area is 175 Å². The van der Waals surface area contributed by atoms with Crippen molar-refractivity contribution < 1.29 is 13.2 Å². The maximum atomic E-state index is 13.1. The first-order valence-electron chi connectivity index (χ1n) is 10.9. The second kappa shape index (κ2) is 9.14. The van der Waals surface area contributed by atoms with E-state index < -0.39 is 10.0 Å². The lowest BCUT2D eigenvalue weighted by molar-refractivity contribution is -0.134. The smallest absolute Gasteiger partial charge is 0.243 e. The van der Waals surface area contributed by atoms with Gasteiger partial charge < -0.3 is 4.90 Å². The Morgan fingerprint density at radius 2 is 1.72 bits per heavy atom. The van der Waals surface area contributed by atoms with Crippen molar-refractivity contribution in [2.24, 2.45) is 5.92 Å². The highest BCUT2D eigenvalue weighted by atomic mass is 32.2. The van der Waals surface area contributed by atoms with E-state index in [0.717, 1.165) is 25.8 Å². The molecule has 3 rings (SSSR count). The number of fused-ring (bicyclic) bond motifs is 1. The third kappa shape index (κ3) is 4.84. The first kappa shape index (κ1) is 22.2. The molecule has 29 heavy (non-hydrogen) atoms. The third-order valence-corrected chi connectivity index (χ3v) is 8.48. The Morgan fingerprint density at radius 1 is 1.07 bits per heavy atom. The van der Waals surface area contributed by atoms with Gasteiger partial charge in [0.05, 0.1) is 11.4 Å².